The van der Waals surface area contributed by atoms with Crippen LogP contribution in [0.4, 0.5) is 29.3 Å². The van der Waals surface area contributed by atoms with E-state index in [0.29, 0.717) is 31.6 Å². The van der Waals surface area contributed by atoms with Crippen LogP contribution in [0.5, 0.6) is 0 Å². The van der Waals surface area contributed by atoms with Crippen LogP contribution in [0.25, 0.3) is 0 Å². The van der Waals surface area contributed by atoms with E-state index in [1.54, 1.807) is 25.9 Å². The molecule has 6 nitrogen and oxygen atoms in total. The summed E-state index contributed by atoms with van der Waals surface area (Å²) in [5.74, 6) is -0.721. The van der Waals surface area contributed by atoms with Gasteiger partial charge in [0, 0.05) is 33.1 Å². The van der Waals surface area contributed by atoms with Crippen LogP contribution in [-0.2, 0) is 15.7 Å². The zero-order chi connectivity index (χ0) is 20.2. The summed E-state index contributed by atoms with van der Waals surface area (Å²) in [4.78, 5) is 27.4. The van der Waals surface area contributed by atoms with E-state index in [1.807, 2.05) is 0 Å². The maximum atomic E-state index is 13.0. The minimum Gasteiger partial charge on any atom is -0.450 e. The summed E-state index contributed by atoms with van der Waals surface area (Å²) in [6.07, 6.45) is -4.04. The topological polar surface area (TPSA) is 61.9 Å². The maximum Gasteiger partial charge on any atom is 0.416 e. The number of piperidine rings is 1. The molecule has 1 heterocycles. The number of nitrogens with zero attached hydrogens (tertiary/aromatic N) is 2. The van der Waals surface area contributed by atoms with Gasteiger partial charge < -0.3 is 19.9 Å². The number of amides is 2. The van der Waals surface area contributed by atoms with Crippen molar-refractivity contribution in [2.75, 3.05) is 44.0 Å². The van der Waals surface area contributed by atoms with Crippen molar-refractivity contribution >= 4 is 23.4 Å². The van der Waals surface area contributed by atoms with Crippen molar-refractivity contribution in [3.8, 4) is 0 Å². The van der Waals surface area contributed by atoms with E-state index in [9.17, 15) is 22.8 Å². The Morgan fingerprint density at radius 1 is 1.26 bits per heavy atom. The van der Waals surface area contributed by atoms with Crippen molar-refractivity contribution in [2.45, 2.75) is 25.9 Å². The number of hydrogen-bond donors (Lipinski definition) is 1. The van der Waals surface area contributed by atoms with E-state index in [2.05, 4.69) is 5.32 Å². The predicted molar refractivity (Wildman–Crippen MR) is 95.7 cm³/mol. The smallest absolute Gasteiger partial charge is 0.416 e. The van der Waals surface area contributed by atoms with Crippen molar-refractivity contribution in [1.82, 2.24) is 4.90 Å². The predicted octanol–water partition coefficient (Wildman–Crippen LogP) is 3.58. The Labute approximate surface area is 156 Å². The average molecular weight is 387 g/mol. The Morgan fingerprint density at radius 2 is 1.89 bits per heavy atom. The molecule has 1 aliphatic heterocycles. The normalized spacial score (nSPS) is 15.4. The molecule has 0 aromatic heterocycles. The van der Waals surface area contributed by atoms with Gasteiger partial charge in [0.2, 0.25) is 5.91 Å². The molecular weight excluding hydrogens is 363 g/mol. The Morgan fingerprint density at radius 3 is 2.41 bits per heavy atom. The maximum absolute atomic E-state index is 13.0. The number of alkyl halides is 3. The molecule has 1 saturated heterocycles. The van der Waals surface area contributed by atoms with Crippen LogP contribution in [0, 0.1) is 5.92 Å². The summed E-state index contributed by atoms with van der Waals surface area (Å²) in [6, 6.07) is 3.27. The highest BCUT2D eigenvalue weighted by atomic mass is 19.4. The molecule has 1 aromatic rings. The van der Waals surface area contributed by atoms with Crippen molar-refractivity contribution in [2.24, 2.45) is 5.92 Å². The zero-order valence-electron chi connectivity index (χ0n) is 15.6. The Hall–Kier alpha value is -2.45. The van der Waals surface area contributed by atoms with Crippen molar-refractivity contribution in [3.63, 3.8) is 0 Å². The fourth-order valence-electron chi connectivity index (χ4n) is 2.98. The van der Waals surface area contributed by atoms with Gasteiger partial charge in [-0.05, 0) is 38.0 Å². The monoisotopic (exact) mass is 387 g/mol. The molecule has 150 valence electrons. The standard InChI is InChI=1S/C18H24F3N3O3/c1-4-27-17(26)24-9-7-12(8-10-24)16(25)22-14-11-13(18(19,20)21)5-6-15(14)23(2)3/h5-6,11-12H,4,7-10H2,1-3H3,(H,22,25). The van der Waals surface area contributed by atoms with Gasteiger partial charge in [0.05, 0.1) is 23.5 Å². The second kappa shape index (κ2) is 8.49. The number of carbonyl (C=O) groups excluding carboxylic acids is 2. The number of carbonyl (C=O) groups is 2. The van der Waals surface area contributed by atoms with Gasteiger partial charge in [-0.2, -0.15) is 13.2 Å². The van der Waals surface area contributed by atoms with Gasteiger partial charge >= 0.3 is 12.3 Å². The third-order valence-corrected chi connectivity index (χ3v) is 4.46. The van der Waals surface area contributed by atoms with Crippen LogP contribution in [0.1, 0.15) is 25.3 Å². The summed E-state index contributed by atoms with van der Waals surface area (Å²) in [5, 5.41) is 2.63. The molecule has 2 rings (SSSR count). The quantitative estimate of drug-likeness (QED) is 0.858. The number of ether oxygens (including phenoxy) is 1. The molecule has 0 spiro atoms. The lowest BCUT2D eigenvalue weighted by Gasteiger charge is -2.31. The van der Waals surface area contributed by atoms with Gasteiger partial charge in [-0.1, -0.05) is 0 Å². The number of nitrogens with one attached hydrogen (secondary N) is 1. The zero-order valence-corrected chi connectivity index (χ0v) is 15.6. The van der Waals surface area contributed by atoms with Crippen LogP contribution < -0.4 is 10.2 Å². The minimum atomic E-state index is -4.49. The van der Waals surface area contributed by atoms with Crippen molar-refractivity contribution in [3.05, 3.63) is 23.8 Å². The van der Waals surface area contributed by atoms with E-state index in [-0.39, 0.29) is 24.1 Å². The highest BCUT2D eigenvalue weighted by Crippen LogP contribution is 2.35. The lowest BCUT2D eigenvalue weighted by molar-refractivity contribution is -0.137. The number of anilines is 2. The summed E-state index contributed by atoms with van der Waals surface area (Å²) < 4.78 is 43.9. The number of benzene rings is 1. The number of hydrogen-bond acceptors (Lipinski definition) is 4. The van der Waals surface area contributed by atoms with Gasteiger partial charge in [0.25, 0.3) is 0 Å². The van der Waals surface area contributed by atoms with Gasteiger partial charge in [-0.15, -0.1) is 0 Å². The van der Waals surface area contributed by atoms with Crippen LogP contribution in [0.3, 0.4) is 0 Å². The number of likely N-dealkylation sites (tertiary alicyclic amines) is 1. The van der Waals surface area contributed by atoms with Crippen molar-refractivity contribution < 1.29 is 27.5 Å². The molecule has 0 aliphatic carbocycles. The molecule has 1 N–H and O–H groups in total. The first-order valence-corrected chi connectivity index (χ1v) is 8.74. The first-order valence-electron chi connectivity index (χ1n) is 8.74. The van der Waals surface area contributed by atoms with Crippen LogP contribution in [0.15, 0.2) is 18.2 Å². The van der Waals surface area contributed by atoms with E-state index in [4.69, 9.17) is 4.74 Å². The molecule has 9 heteroatoms. The van der Waals surface area contributed by atoms with Crippen LogP contribution in [0.2, 0.25) is 0 Å². The molecule has 0 bridgehead atoms. The molecule has 0 radical (unpaired) electrons. The fraction of sp³-hybridized carbons (Fsp3) is 0.556. The van der Waals surface area contributed by atoms with E-state index < -0.39 is 17.8 Å². The highest BCUT2D eigenvalue weighted by molar-refractivity contribution is 5.96. The van der Waals surface area contributed by atoms with Crippen LogP contribution >= 0.6 is 0 Å². The molecule has 2 amide bonds. The Bertz CT molecular complexity index is 684. The lowest BCUT2D eigenvalue weighted by Crippen LogP contribution is -2.41. The molecule has 27 heavy (non-hydrogen) atoms. The largest absolute Gasteiger partial charge is 0.450 e. The minimum absolute atomic E-state index is 0.118. The summed E-state index contributed by atoms with van der Waals surface area (Å²) in [6.45, 7) is 2.75. The van der Waals surface area contributed by atoms with Gasteiger partial charge in [-0.3, -0.25) is 4.79 Å². The van der Waals surface area contributed by atoms with E-state index in [1.165, 1.54) is 11.0 Å². The second-order valence-corrected chi connectivity index (χ2v) is 6.57. The molecule has 0 atom stereocenters. The fourth-order valence-corrected chi connectivity index (χ4v) is 2.98. The molecule has 1 aromatic carbocycles. The number of halogens is 3. The summed E-state index contributed by atoms with van der Waals surface area (Å²) in [5.41, 5.74) is -0.214. The molecule has 0 saturated carbocycles. The first kappa shape index (κ1) is 20.9. The van der Waals surface area contributed by atoms with Crippen LogP contribution in [-0.4, -0.2) is 50.7 Å². The van der Waals surface area contributed by atoms with Gasteiger partial charge in [-0.25, -0.2) is 4.79 Å². The third-order valence-electron chi connectivity index (χ3n) is 4.46. The average Bonchev–Trinajstić information content (AvgIpc) is 2.61. The Kier molecular flexibility index (Phi) is 6.56. The first-order chi connectivity index (χ1) is 12.6. The van der Waals surface area contributed by atoms with Gasteiger partial charge in [0.15, 0.2) is 0 Å². The molecular formula is C18H24F3N3O3. The lowest BCUT2D eigenvalue weighted by atomic mass is 9.96. The Balaban J connectivity index is 2.08. The van der Waals surface area contributed by atoms with E-state index in [0.717, 1.165) is 12.1 Å². The van der Waals surface area contributed by atoms with Crippen molar-refractivity contribution in [1.29, 1.82) is 0 Å². The molecule has 1 fully saturated rings. The van der Waals surface area contributed by atoms with E-state index >= 15 is 0 Å². The third kappa shape index (κ3) is 5.27. The molecule has 0 unspecified atom stereocenters. The second-order valence-electron chi connectivity index (χ2n) is 6.57. The highest BCUT2D eigenvalue weighted by Gasteiger charge is 2.32. The number of rotatable bonds is 4. The summed E-state index contributed by atoms with van der Waals surface area (Å²) >= 11 is 0. The summed E-state index contributed by atoms with van der Waals surface area (Å²) in [7, 11) is 3.38. The van der Waals surface area contributed by atoms with Gasteiger partial charge in [0.1, 0.15) is 0 Å². The SMILES string of the molecule is CCOC(=O)N1CCC(C(=O)Nc2cc(C(F)(F)F)ccc2N(C)C)CC1. The molecule has 1 aliphatic rings.